The van der Waals surface area contributed by atoms with Gasteiger partial charge in [-0.3, -0.25) is 0 Å². The second-order valence-electron chi connectivity index (χ2n) is 4.14. The van der Waals surface area contributed by atoms with Gasteiger partial charge in [-0.15, -0.1) is 0 Å². The Morgan fingerprint density at radius 3 is 3.27 bits per heavy atom. The zero-order chi connectivity index (χ0) is 10.3. The summed E-state index contributed by atoms with van der Waals surface area (Å²) >= 11 is 0. The van der Waals surface area contributed by atoms with Crippen LogP contribution in [0.5, 0.6) is 0 Å². The third kappa shape index (κ3) is 1.35. The maximum absolute atomic E-state index is 4.64. The summed E-state index contributed by atoms with van der Waals surface area (Å²) in [6, 6.07) is 6.54. The Balaban J connectivity index is 2.16. The molecule has 0 unspecified atom stereocenters. The molecule has 2 aromatic rings. The van der Waals surface area contributed by atoms with Gasteiger partial charge in [-0.1, -0.05) is 6.07 Å². The highest BCUT2D eigenvalue weighted by Gasteiger charge is 2.15. The van der Waals surface area contributed by atoms with Crippen LogP contribution >= 0.6 is 0 Å². The summed E-state index contributed by atoms with van der Waals surface area (Å²) in [5, 5.41) is 3.18. The van der Waals surface area contributed by atoms with E-state index in [9.17, 15) is 0 Å². The number of rotatable bonds is 2. The molecular formula is C12H15N3. The molecule has 1 N–H and O–H groups in total. The molecule has 3 heteroatoms. The number of hydrogen-bond acceptors (Lipinski definition) is 2. The number of imidazole rings is 1. The van der Waals surface area contributed by atoms with Crippen LogP contribution in [0.3, 0.4) is 0 Å². The molecule has 3 nitrogen and oxygen atoms in total. The van der Waals surface area contributed by atoms with E-state index in [2.05, 4.69) is 33.1 Å². The van der Waals surface area contributed by atoms with Crippen molar-refractivity contribution >= 4 is 11.0 Å². The van der Waals surface area contributed by atoms with Gasteiger partial charge in [-0.25, -0.2) is 4.98 Å². The Labute approximate surface area is 89.1 Å². The lowest BCUT2D eigenvalue weighted by Crippen LogP contribution is -2.04. The van der Waals surface area contributed by atoms with E-state index in [-0.39, 0.29) is 0 Å². The first-order valence-corrected chi connectivity index (χ1v) is 5.51. The van der Waals surface area contributed by atoms with Gasteiger partial charge >= 0.3 is 0 Å². The average Bonchev–Trinajstić information content (AvgIpc) is 2.78. The van der Waals surface area contributed by atoms with Crippen molar-refractivity contribution < 1.29 is 0 Å². The molecule has 1 aromatic heterocycles. The van der Waals surface area contributed by atoms with Crippen LogP contribution in [0.25, 0.3) is 11.0 Å². The topological polar surface area (TPSA) is 29.9 Å². The number of hydrogen-bond donors (Lipinski definition) is 1. The standard InChI is InChI=1S/C12H15N3/c1-13-8-9-4-5-10-11(7-9)15-6-2-3-12(15)14-10/h4-5,7,13H,2-3,6,8H2,1H3. The van der Waals surface area contributed by atoms with Crippen LogP contribution in [0.4, 0.5) is 0 Å². The minimum absolute atomic E-state index is 0.927. The van der Waals surface area contributed by atoms with Crippen LogP contribution < -0.4 is 5.32 Å². The number of nitrogens with one attached hydrogen (secondary N) is 1. The zero-order valence-electron chi connectivity index (χ0n) is 8.95. The summed E-state index contributed by atoms with van der Waals surface area (Å²) < 4.78 is 2.36. The van der Waals surface area contributed by atoms with Crippen molar-refractivity contribution in [3.05, 3.63) is 29.6 Å². The van der Waals surface area contributed by atoms with Crippen molar-refractivity contribution in [2.75, 3.05) is 7.05 Å². The van der Waals surface area contributed by atoms with Crippen molar-refractivity contribution in [2.24, 2.45) is 0 Å². The van der Waals surface area contributed by atoms with Gasteiger partial charge in [0, 0.05) is 19.5 Å². The Morgan fingerprint density at radius 1 is 1.47 bits per heavy atom. The number of nitrogens with zero attached hydrogens (tertiary/aromatic N) is 2. The van der Waals surface area contributed by atoms with E-state index in [1.54, 1.807) is 0 Å². The van der Waals surface area contributed by atoms with E-state index in [0.29, 0.717) is 0 Å². The summed E-state index contributed by atoms with van der Waals surface area (Å²) in [5.41, 5.74) is 3.78. The van der Waals surface area contributed by atoms with Crippen molar-refractivity contribution in [1.82, 2.24) is 14.9 Å². The molecule has 0 spiro atoms. The summed E-state index contributed by atoms with van der Waals surface area (Å²) in [7, 11) is 1.98. The molecule has 0 radical (unpaired) electrons. The quantitative estimate of drug-likeness (QED) is 0.801. The first-order chi connectivity index (χ1) is 7.38. The molecule has 0 saturated heterocycles. The van der Waals surface area contributed by atoms with Crippen molar-refractivity contribution in [1.29, 1.82) is 0 Å². The van der Waals surface area contributed by atoms with Crippen LogP contribution in [-0.4, -0.2) is 16.6 Å². The normalized spacial score (nSPS) is 14.7. The summed E-state index contributed by atoms with van der Waals surface area (Å²) in [6.07, 6.45) is 2.38. The Hall–Kier alpha value is -1.35. The molecular weight excluding hydrogens is 186 g/mol. The fourth-order valence-electron chi connectivity index (χ4n) is 2.37. The summed E-state index contributed by atoms with van der Waals surface area (Å²) in [5.74, 6) is 1.26. The molecule has 2 heterocycles. The molecule has 78 valence electrons. The van der Waals surface area contributed by atoms with E-state index in [0.717, 1.165) is 25.0 Å². The smallest absolute Gasteiger partial charge is 0.109 e. The third-order valence-corrected chi connectivity index (χ3v) is 3.05. The lowest BCUT2D eigenvalue weighted by atomic mass is 10.2. The SMILES string of the molecule is CNCc1ccc2nc3n(c2c1)CCC3. The zero-order valence-corrected chi connectivity index (χ0v) is 8.95. The molecule has 1 aliphatic heterocycles. The number of fused-ring (bicyclic) bond motifs is 3. The summed E-state index contributed by atoms with van der Waals surface area (Å²) in [4.78, 5) is 4.64. The molecule has 0 fully saturated rings. The molecule has 1 aromatic carbocycles. The highest BCUT2D eigenvalue weighted by Crippen LogP contribution is 2.23. The van der Waals surface area contributed by atoms with Crippen LogP contribution in [0.1, 0.15) is 17.8 Å². The van der Waals surface area contributed by atoms with Gasteiger partial charge in [-0.2, -0.15) is 0 Å². The van der Waals surface area contributed by atoms with E-state index < -0.39 is 0 Å². The summed E-state index contributed by atoms with van der Waals surface area (Å²) in [6.45, 7) is 2.06. The third-order valence-electron chi connectivity index (χ3n) is 3.05. The van der Waals surface area contributed by atoms with E-state index in [4.69, 9.17) is 0 Å². The largest absolute Gasteiger partial charge is 0.328 e. The fourth-order valence-corrected chi connectivity index (χ4v) is 2.37. The highest BCUT2D eigenvalue weighted by atomic mass is 15.1. The molecule has 0 amide bonds. The molecule has 0 atom stereocenters. The van der Waals surface area contributed by atoms with Gasteiger partial charge in [0.05, 0.1) is 11.0 Å². The average molecular weight is 201 g/mol. The van der Waals surface area contributed by atoms with Crippen LogP contribution in [0.2, 0.25) is 0 Å². The van der Waals surface area contributed by atoms with Gasteiger partial charge in [-0.05, 0) is 31.2 Å². The molecule has 3 rings (SSSR count). The second kappa shape index (κ2) is 3.35. The number of aryl methyl sites for hydroxylation is 2. The van der Waals surface area contributed by atoms with Crippen LogP contribution in [0, 0.1) is 0 Å². The Bertz CT molecular complexity index is 499. The lowest BCUT2D eigenvalue weighted by molar-refractivity contribution is 0.769. The van der Waals surface area contributed by atoms with Crippen LogP contribution in [0.15, 0.2) is 18.2 Å². The monoisotopic (exact) mass is 201 g/mol. The molecule has 1 aliphatic rings. The lowest BCUT2D eigenvalue weighted by Gasteiger charge is -2.02. The maximum Gasteiger partial charge on any atom is 0.109 e. The van der Waals surface area contributed by atoms with Gasteiger partial charge < -0.3 is 9.88 Å². The van der Waals surface area contributed by atoms with Gasteiger partial charge in [0.15, 0.2) is 0 Å². The molecule has 0 bridgehead atoms. The van der Waals surface area contributed by atoms with Gasteiger partial charge in [0.25, 0.3) is 0 Å². The first kappa shape index (κ1) is 8.92. The van der Waals surface area contributed by atoms with E-state index in [1.165, 1.54) is 23.3 Å². The van der Waals surface area contributed by atoms with E-state index in [1.807, 2.05) is 7.05 Å². The molecule has 0 aliphatic carbocycles. The van der Waals surface area contributed by atoms with Crippen molar-refractivity contribution in [3.8, 4) is 0 Å². The first-order valence-electron chi connectivity index (χ1n) is 5.51. The van der Waals surface area contributed by atoms with E-state index >= 15 is 0 Å². The minimum atomic E-state index is 0.927. The van der Waals surface area contributed by atoms with Gasteiger partial charge in [0.2, 0.25) is 0 Å². The number of aromatic nitrogens is 2. The Morgan fingerprint density at radius 2 is 2.40 bits per heavy atom. The predicted octanol–water partition coefficient (Wildman–Crippen LogP) is 1.70. The molecule has 15 heavy (non-hydrogen) atoms. The van der Waals surface area contributed by atoms with Crippen molar-refractivity contribution in [3.63, 3.8) is 0 Å². The molecule has 0 saturated carbocycles. The Kier molecular flexibility index (Phi) is 1.99. The van der Waals surface area contributed by atoms with Gasteiger partial charge in [0.1, 0.15) is 5.82 Å². The maximum atomic E-state index is 4.64. The highest BCUT2D eigenvalue weighted by molar-refractivity contribution is 5.77. The van der Waals surface area contributed by atoms with Crippen LogP contribution in [-0.2, 0) is 19.5 Å². The van der Waals surface area contributed by atoms with Crippen molar-refractivity contribution in [2.45, 2.75) is 25.9 Å². The minimum Gasteiger partial charge on any atom is -0.328 e. The predicted molar refractivity (Wildman–Crippen MR) is 60.8 cm³/mol. The second-order valence-corrected chi connectivity index (χ2v) is 4.14. The number of benzene rings is 1. The fraction of sp³-hybridized carbons (Fsp3) is 0.417.